The molecule has 1 saturated carbocycles. The summed E-state index contributed by atoms with van der Waals surface area (Å²) in [5.74, 6) is -1.03. The summed E-state index contributed by atoms with van der Waals surface area (Å²) >= 11 is 0. The van der Waals surface area contributed by atoms with Crippen LogP contribution in [0.3, 0.4) is 0 Å². The van der Waals surface area contributed by atoms with Crippen LogP contribution in [0.5, 0.6) is 0 Å². The van der Waals surface area contributed by atoms with Crippen LogP contribution in [0.1, 0.15) is 42.1 Å². The van der Waals surface area contributed by atoms with E-state index in [0.29, 0.717) is 17.5 Å². The molecule has 0 saturated heterocycles. The summed E-state index contributed by atoms with van der Waals surface area (Å²) in [4.78, 5) is 25.9. The van der Waals surface area contributed by atoms with Crippen LogP contribution >= 0.6 is 0 Å². The number of carbonyl (C=O) groups is 1. The lowest BCUT2D eigenvalue weighted by atomic mass is 9.92. The molecule has 2 atom stereocenters. The first-order valence-electron chi connectivity index (χ1n) is 6.73. The Bertz CT molecular complexity index is 716. The topological polar surface area (TPSA) is 95.3 Å². The molecule has 6 nitrogen and oxygen atoms in total. The normalized spacial score (nSPS) is 23.1. The van der Waals surface area contributed by atoms with Crippen molar-refractivity contribution in [2.75, 3.05) is 0 Å². The number of hydrogen-bond donors (Lipinski definition) is 3. The SMILES string of the molecule is O=C(O)c1ccc2[nH]c(=O)n(C3CCCCC3O)c2c1. The predicted octanol–water partition coefficient (Wildman–Crippen LogP) is 1.50. The van der Waals surface area contributed by atoms with Crippen LogP contribution in [0.2, 0.25) is 0 Å². The van der Waals surface area contributed by atoms with Gasteiger partial charge in [-0.05, 0) is 31.0 Å². The molecule has 1 aliphatic carbocycles. The van der Waals surface area contributed by atoms with Gasteiger partial charge in [0.1, 0.15) is 0 Å². The highest BCUT2D eigenvalue weighted by Crippen LogP contribution is 2.30. The molecule has 1 aromatic heterocycles. The zero-order valence-corrected chi connectivity index (χ0v) is 10.9. The number of fused-ring (bicyclic) bond motifs is 1. The molecule has 3 N–H and O–H groups in total. The van der Waals surface area contributed by atoms with Crippen LogP contribution < -0.4 is 5.69 Å². The zero-order chi connectivity index (χ0) is 14.3. The Hall–Kier alpha value is -2.08. The standard InChI is InChI=1S/C14H16N2O4/c17-12-4-2-1-3-10(12)16-11-7-8(13(18)19)5-6-9(11)15-14(16)20/h5-7,10,12,17H,1-4H2,(H,15,20)(H,18,19). The summed E-state index contributed by atoms with van der Waals surface area (Å²) in [6, 6.07) is 4.25. The van der Waals surface area contributed by atoms with E-state index in [1.165, 1.54) is 16.7 Å². The number of benzene rings is 1. The number of nitrogens with one attached hydrogen (secondary N) is 1. The maximum absolute atomic E-state index is 12.1. The van der Waals surface area contributed by atoms with Crippen molar-refractivity contribution in [1.82, 2.24) is 9.55 Å². The minimum absolute atomic E-state index is 0.135. The summed E-state index contributed by atoms with van der Waals surface area (Å²) in [5, 5.41) is 19.2. The first-order valence-corrected chi connectivity index (χ1v) is 6.73. The van der Waals surface area contributed by atoms with Crippen molar-refractivity contribution >= 4 is 17.0 Å². The molecule has 0 bridgehead atoms. The summed E-state index contributed by atoms with van der Waals surface area (Å²) in [7, 11) is 0. The van der Waals surface area contributed by atoms with Gasteiger partial charge in [-0.15, -0.1) is 0 Å². The van der Waals surface area contributed by atoms with Crippen molar-refractivity contribution in [3.05, 3.63) is 34.2 Å². The van der Waals surface area contributed by atoms with Crippen molar-refractivity contribution < 1.29 is 15.0 Å². The van der Waals surface area contributed by atoms with Crippen LogP contribution in [-0.4, -0.2) is 31.8 Å². The molecule has 6 heteroatoms. The average molecular weight is 276 g/mol. The molecule has 106 valence electrons. The molecule has 3 rings (SSSR count). The number of hydrogen-bond acceptors (Lipinski definition) is 3. The Kier molecular flexibility index (Phi) is 3.10. The summed E-state index contributed by atoms with van der Waals surface area (Å²) in [6.07, 6.45) is 2.75. The number of carboxylic acids is 1. The van der Waals surface area contributed by atoms with Gasteiger partial charge in [-0.2, -0.15) is 0 Å². The number of aliphatic hydroxyl groups excluding tert-OH is 1. The minimum atomic E-state index is -1.03. The summed E-state index contributed by atoms with van der Waals surface area (Å²) in [6.45, 7) is 0. The van der Waals surface area contributed by atoms with Crippen LogP contribution in [0.4, 0.5) is 0 Å². The summed E-state index contributed by atoms with van der Waals surface area (Å²) in [5.41, 5.74) is 0.975. The van der Waals surface area contributed by atoms with Gasteiger partial charge in [0.25, 0.3) is 0 Å². The maximum Gasteiger partial charge on any atom is 0.335 e. The average Bonchev–Trinajstić information content (AvgIpc) is 2.74. The number of aromatic nitrogens is 2. The Morgan fingerprint density at radius 1 is 1.30 bits per heavy atom. The highest BCUT2D eigenvalue weighted by molar-refractivity contribution is 5.92. The predicted molar refractivity (Wildman–Crippen MR) is 73.0 cm³/mol. The number of aromatic carboxylic acids is 1. The Balaban J connectivity index is 2.18. The molecule has 1 aromatic carbocycles. The van der Waals surface area contributed by atoms with Gasteiger partial charge in [0, 0.05) is 0 Å². The molecule has 0 radical (unpaired) electrons. The Morgan fingerprint density at radius 3 is 2.75 bits per heavy atom. The van der Waals surface area contributed by atoms with Crippen molar-refractivity contribution in [3.63, 3.8) is 0 Å². The second kappa shape index (κ2) is 4.79. The number of rotatable bonds is 2. The quantitative estimate of drug-likeness (QED) is 0.774. The van der Waals surface area contributed by atoms with Crippen LogP contribution in [0.25, 0.3) is 11.0 Å². The highest BCUT2D eigenvalue weighted by atomic mass is 16.4. The second-order valence-corrected chi connectivity index (χ2v) is 5.26. The lowest BCUT2D eigenvalue weighted by Crippen LogP contribution is -2.33. The molecular formula is C14H16N2O4. The zero-order valence-electron chi connectivity index (χ0n) is 10.9. The van der Waals surface area contributed by atoms with Gasteiger partial charge in [0.05, 0.1) is 28.7 Å². The monoisotopic (exact) mass is 276 g/mol. The van der Waals surface area contributed by atoms with Crippen molar-refractivity contribution in [2.24, 2.45) is 0 Å². The third-order valence-corrected chi connectivity index (χ3v) is 3.99. The van der Waals surface area contributed by atoms with Crippen molar-refractivity contribution in [1.29, 1.82) is 0 Å². The molecular weight excluding hydrogens is 260 g/mol. The molecule has 0 spiro atoms. The minimum Gasteiger partial charge on any atom is -0.478 e. The first kappa shape index (κ1) is 12.9. The van der Waals surface area contributed by atoms with Crippen LogP contribution in [0, 0.1) is 0 Å². The van der Waals surface area contributed by atoms with Crippen molar-refractivity contribution in [3.8, 4) is 0 Å². The van der Waals surface area contributed by atoms with E-state index >= 15 is 0 Å². The number of carboxylic acid groups (broad SMARTS) is 1. The fraction of sp³-hybridized carbons (Fsp3) is 0.429. The lowest BCUT2D eigenvalue weighted by molar-refractivity contribution is 0.0697. The molecule has 0 aliphatic heterocycles. The van der Waals surface area contributed by atoms with Gasteiger partial charge in [0.15, 0.2) is 0 Å². The van der Waals surface area contributed by atoms with Crippen LogP contribution in [0.15, 0.2) is 23.0 Å². The maximum atomic E-state index is 12.1. The van der Waals surface area contributed by atoms with Gasteiger partial charge < -0.3 is 15.2 Å². The van der Waals surface area contributed by atoms with E-state index in [4.69, 9.17) is 5.11 Å². The van der Waals surface area contributed by atoms with E-state index < -0.39 is 12.1 Å². The van der Waals surface area contributed by atoms with E-state index in [2.05, 4.69) is 4.98 Å². The smallest absolute Gasteiger partial charge is 0.335 e. The molecule has 20 heavy (non-hydrogen) atoms. The van der Waals surface area contributed by atoms with Gasteiger partial charge >= 0.3 is 11.7 Å². The van der Waals surface area contributed by atoms with Gasteiger partial charge in [-0.25, -0.2) is 9.59 Å². The molecule has 2 unspecified atom stereocenters. The Morgan fingerprint density at radius 2 is 2.05 bits per heavy atom. The van der Waals surface area contributed by atoms with Gasteiger partial charge in [-0.3, -0.25) is 4.57 Å². The van der Waals surface area contributed by atoms with Crippen LogP contribution in [-0.2, 0) is 0 Å². The number of imidazole rings is 1. The number of nitrogens with zero attached hydrogens (tertiary/aromatic N) is 1. The van der Waals surface area contributed by atoms with E-state index in [9.17, 15) is 14.7 Å². The highest BCUT2D eigenvalue weighted by Gasteiger charge is 2.27. The first-order chi connectivity index (χ1) is 9.58. The van der Waals surface area contributed by atoms with Gasteiger partial charge in [-0.1, -0.05) is 12.8 Å². The largest absolute Gasteiger partial charge is 0.478 e. The van der Waals surface area contributed by atoms with E-state index in [1.807, 2.05) is 0 Å². The third kappa shape index (κ3) is 2.02. The third-order valence-electron chi connectivity index (χ3n) is 3.99. The second-order valence-electron chi connectivity index (χ2n) is 5.26. The van der Waals surface area contributed by atoms with Gasteiger partial charge in [0.2, 0.25) is 0 Å². The molecule has 1 aliphatic rings. The molecule has 0 amide bonds. The summed E-state index contributed by atoms with van der Waals surface area (Å²) < 4.78 is 1.51. The van der Waals surface area contributed by atoms with E-state index in [0.717, 1.165) is 19.3 Å². The van der Waals surface area contributed by atoms with E-state index in [1.54, 1.807) is 6.07 Å². The fourth-order valence-electron chi connectivity index (χ4n) is 2.98. The number of aliphatic hydroxyl groups is 1. The molecule has 1 heterocycles. The molecule has 2 aromatic rings. The fourth-order valence-corrected chi connectivity index (χ4v) is 2.98. The van der Waals surface area contributed by atoms with Crippen molar-refractivity contribution in [2.45, 2.75) is 37.8 Å². The number of H-pyrrole nitrogens is 1. The number of aromatic amines is 1. The van der Waals surface area contributed by atoms with E-state index in [-0.39, 0.29) is 17.3 Å². The Labute approximate surface area is 114 Å². The molecule has 1 fully saturated rings. The lowest BCUT2D eigenvalue weighted by Gasteiger charge is -2.28.